The number of amides is 1. The molecule has 1 saturated heterocycles. The first-order chi connectivity index (χ1) is 11.5. The van der Waals surface area contributed by atoms with Gasteiger partial charge in [0.2, 0.25) is 5.91 Å². The molecule has 1 aliphatic heterocycles. The number of hydrogen-bond acceptors (Lipinski definition) is 6. The van der Waals surface area contributed by atoms with E-state index < -0.39 is 0 Å². The molecule has 8 heteroatoms. The molecule has 1 N–H and O–H groups in total. The third-order valence-electron chi connectivity index (χ3n) is 4.23. The molecule has 1 fully saturated rings. The van der Waals surface area contributed by atoms with Crippen LogP contribution in [-0.2, 0) is 11.3 Å². The molecule has 0 unspecified atom stereocenters. The lowest BCUT2D eigenvalue weighted by Gasteiger charge is -2.32. The van der Waals surface area contributed by atoms with Gasteiger partial charge in [-0.3, -0.25) is 9.69 Å². The van der Waals surface area contributed by atoms with E-state index >= 15 is 0 Å². The van der Waals surface area contributed by atoms with Crippen molar-refractivity contribution in [3.05, 3.63) is 22.7 Å². The van der Waals surface area contributed by atoms with E-state index in [0.29, 0.717) is 17.6 Å². The Kier molecular flexibility index (Phi) is 5.25. The van der Waals surface area contributed by atoms with Crippen molar-refractivity contribution < 1.29 is 4.79 Å². The zero-order valence-corrected chi connectivity index (χ0v) is 15.3. The van der Waals surface area contributed by atoms with E-state index in [2.05, 4.69) is 25.3 Å². The van der Waals surface area contributed by atoms with E-state index in [1.54, 1.807) is 0 Å². The SMILES string of the molecule is Cc1csc(NC(=O)CN2CCC[C@H](Cn3nc(C)nc3C)C2)n1. The fraction of sp³-hybridized carbons (Fsp3) is 0.625. The second-order valence-corrected chi connectivity index (χ2v) is 7.33. The number of rotatable bonds is 5. The highest BCUT2D eigenvalue weighted by atomic mass is 32.1. The molecule has 1 amide bonds. The number of anilines is 1. The molecular formula is C16H24N6OS. The fourth-order valence-electron chi connectivity index (χ4n) is 3.20. The maximum Gasteiger partial charge on any atom is 0.240 e. The van der Waals surface area contributed by atoms with Gasteiger partial charge < -0.3 is 5.32 Å². The van der Waals surface area contributed by atoms with Crippen molar-refractivity contribution in [2.24, 2.45) is 5.92 Å². The van der Waals surface area contributed by atoms with Crippen LogP contribution in [0.15, 0.2) is 5.38 Å². The Labute approximate surface area is 146 Å². The van der Waals surface area contributed by atoms with Crippen LogP contribution in [0.1, 0.15) is 30.2 Å². The van der Waals surface area contributed by atoms with Crippen molar-refractivity contribution in [1.29, 1.82) is 0 Å². The first-order valence-corrected chi connectivity index (χ1v) is 9.20. The molecule has 24 heavy (non-hydrogen) atoms. The minimum absolute atomic E-state index is 0.0118. The summed E-state index contributed by atoms with van der Waals surface area (Å²) < 4.78 is 1.99. The van der Waals surface area contributed by atoms with Crippen LogP contribution in [0.4, 0.5) is 5.13 Å². The van der Waals surface area contributed by atoms with Gasteiger partial charge in [0, 0.05) is 18.5 Å². The number of aromatic nitrogens is 4. The lowest BCUT2D eigenvalue weighted by atomic mass is 9.98. The minimum atomic E-state index is 0.0118. The summed E-state index contributed by atoms with van der Waals surface area (Å²) in [7, 11) is 0. The lowest BCUT2D eigenvalue weighted by Crippen LogP contribution is -2.41. The van der Waals surface area contributed by atoms with Crippen LogP contribution in [0.5, 0.6) is 0 Å². The van der Waals surface area contributed by atoms with E-state index in [0.717, 1.165) is 43.4 Å². The molecule has 0 aromatic carbocycles. The molecule has 0 saturated carbocycles. The highest BCUT2D eigenvalue weighted by Gasteiger charge is 2.23. The first kappa shape index (κ1) is 17.0. The average Bonchev–Trinajstić information content (AvgIpc) is 3.05. The van der Waals surface area contributed by atoms with Crippen LogP contribution < -0.4 is 5.32 Å². The van der Waals surface area contributed by atoms with Gasteiger partial charge in [-0.15, -0.1) is 11.3 Å². The molecular weight excluding hydrogens is 324 g/mol. The molecule has 1 atom stereocenters. The molecule has 2 aromatic rings. The molecule has 3 rings (SSSR count). The van der Waals surface area contributed by atoms with Crippen LogP contribution in [0.2, 0.25) is 0 Å². The zero-order chi connectivity index (χ0) is 17.1. The van der Waals surface area contributed by atoms with Gasteiger partial charge in [0.1, 0.15) is 11.6 Å². The summed E-state index contributed by atoms with van der Waals surface area (Å²) in [6.07, 6.45) is 2.28. The Morgan fingerprint density at radius 3 is 2.88 bits per heavy atom. The van der Waals surface area contributed by atoms with Crippen molar-refractivity contribution >= 4 is 22.4 Å². The van der Waals surface area contributed by atoms with E-state index in [4.69, 9.17) is 0 Å². The highest BCUT2D eigenvalue weighted by Crippen LogP contribution is 2.19. The fourth-order valence-corrected chi connectivity index (χ4v) is 3.90. The van der Waals surface area contributed by atoms with Gasteiger partial charge in [0.15, 0.2) is 5.13 Å². The molecule has 1 aliphatic rings. The predicted molar refractivity (Wildman–Crippen MR) is 94.1 cm³/mol. The summed E-state index contributed by atoms with van der Waals surface area (Å²) in [4.78, 5) is 23.1. The van der Waals surface area contributed by atoms with Crippen LogP contribution >= 0.6 is 11.3 Å². The number of hydrogen-bond donors (Lipinski definition) is 1. The highest BCUT2D eigenvalue weighted by molar-refractivity contribution is 7.13. The Morgan fingerprint density at radius 2 is 2.21 bits per heavy atom. The van der Waals surface area contributed by atoms with Gasteiger partial charge in [-0.1, -0.05) is 0 Å². The number of carbonyl (C=O) groups is 1. The zero-order valence-electron chi connectivity index (χ0n) is 14.4. The van der Waals surface area contributed by atoms with Crippen LogP contribution in [0, 0.1) is 26.7 Å². The maximum atomic E-state index is 12.2. The topological polar surface area (TPSA) is 75.9 Å². The van der Waals surface area contributed by atoms with Gasteiger partial charge in [0.25, 0.3) is 0 Å². The third-order valence-corrected chi connectivity index (χ3v) is 5.10. The Bertz CT molecular complexity index is 709. The standard InChI is InChI=1S/C16H24N6OS/c1-11-10-24-16(17-11)19-15(23)9-21-6-4-5-14(7-21)8-22-13(3)18-12(2)20-22/h10,14H,4-9H2,1-3H3,(H,17,19,23)/t14-/m0/s1. The summed E-state index contributed by atoms with van der Waals surface area (Å²) in [6.45, 7) is 9.01. The van der Waals surface area contributed by atoms with Gasteiger partial charge >= 0.3 is 0 Å². The molecule has 130 valence electrons. The third kappa shape index (κ3) is 4.39. The predicted octanol–water partition coefficient (Wildman–Crippen LogP) is 2.01. The smallest absolute Gasteiger partial charge is 0.240 e. The second kappa shape index (κ2) is 7.40. The Morgan fingerprint density at radius 1 is 1.38 bits per heavy atom. The summed E-state index contributed by atoms with van der Waals surface area (Å²) >= 11 is 1.47. The van der Waals surface area contributed by atoms with Crippen LogP contribution in [0.25, 0.3) is 0 Å². The number of likely N-dealkylation sites (tertiary alicyclic amines) is 1. The normalized spacial score (nSPS) is 18.7. The lowest BCUT2D eigenvalue weighted by molar-refractivity contribution is -0.117. The monoisotopic (exact) mass is 348 g/mol. The van der Waals surface area contributed by atoms with Crippen LogP contribution in [-0.4, -0.2) is 50.2 Å². The molecule has 0 spiro atoms. The molecule has 7 nitrogen and oxygen atoms in total. The van der Waals surface area contributed by atoms with E-state index in [1.165, 1.54) is 17.8 Å². The number of nitrogens with zero attached hydrogens (tertiary/aromatic N) is 5. The van der Waals surface area contributed by atoms with E-state index in [1.807, 2.05) is 30.8 Å². The Hall–Kier alpha value is -1.80. The van der Waals surface area contributed by atoms with Gasteiger partial charge in [-0.05, 0) is 46.1 Å². The van der Waals surface area contributed by atoms with E-state index in [9.17, 15) is 4.79 Å². The van der Waals surface area contributed by atoms with Crippen molar-refractivity contribution in [3.63, 3.8) is 0 Å². The largest absolute Gasteiger partial charge is 0.301 e. The molecule has 0 bridgehead atoms. The summed E-state index contributed by atoms with van der Waals surface area (Å²) in [5.74, 6) is 2.30. The van der Waals surface area contributed by atoms with E-state index in [-0.39, 0.29) is 5.91 Å². The van der Waals surface area contributed by atoms with Gasteiger partial charge in [-0.25, -0.2) is 14.6 Å². The minimum Gasteiger partial charge on any atom is -0.301 e. The quantitative estimate of drug-likeness (QED) is 0.894. The van der Waals surface area contributed by atoms with Crippen molar-refractivity contribution in [1.82, 2.24) is 24.6 Å². The maximum absolute atomic E-state index is 12.2. The van der Waals surface area contributed by atoms with Gasteiger partial charge in [0.05, 0.1) is 12.2 Å². The van der Waals surface area contributed by atoms with Crippen molar-refractivity contribution in [2.75, 3.05) is 25.0 Å². The number of aryl methyl sites for hydroxylation is 3. The summed E-state index contributed by atoms with van der Waals surface area (Å²) in [5, 5.41) is 9.96. The first-order valence-electron chi connectivity index (χ1n) is 8.32. The van der Waals surface area contributed by atoms with Gasteiger partial charge in [-0.2, -0.15) is 5.10 Å². The second-order valence-electron chi connectivity index (χ2n) is 6.47. The average molecular weight is 348 g/mol. The van der Waals surface area contributed by atoms with Crippen molar-refractivity contribution in [2.45, 2.75) is 40.2 Å². The molecule has 3 heterocycles. The van der Waals surface area contributed by atoms with Crippen molar-refractivity contribution in [3.8, 4) is 0 Å². The number of nitrogens with one attached hydrogen (secondary N) is 1. The number of piperidine rings is 1. The molecule has 2 aromatic heterocycles. The summed E-state index contributed by atoms with van der Waals surface area (Å²) in [5.41, 5.74) is 0.937. The summed E-state index contributed by atoms with van der Waals surface area (Å²) in [6, 6.07) is 0. The van der Waals surface area contributed by atoms with Crippen LogP contribution in [0.3, 0.4) is 0 Å². The molecule has 0 aliphatic carbocycles. The Balaban J connectivity index is 1.51. The number of thiazole rings is 1. The number of carbonyl (C=O) groups excluding carboxylic acids is 1. The molecule has 0 radical (unpaired) electrons.